The van der Waals surface area contributed by atoms with Crippen molar-refractivity contribution in [2.24, 2.45) is 0 Å². The molecule has 0 aliphatic carbocycles. The van der Waals surface area contributed by atoms with Gasteiger partial charge in [0.2, 0.25) is 0 Å². The highest BCUT2D eigenvalue weighted by Crippen LogP contribution is 2.50. The second-order valence-electron chi connectivity index (χ2n) is 32.4. The van der Waals surface area contributed by atoms with E-state index in [0.717, 1.165) is 209 Å². The van der Waals surface area contributed by atoms with Crippen LogP contribution in [-0.2, 0) is 0 Å². The Balaban J connectivity index is 0.735. The van der Waals surface area contributed by atoms with Gasteiger partial charge < -0.3 is 27.4 Å². The Morgan fingerprint density at radius 3 is 0.794 bits per heavy atom. The van der Waals surface area contributed by atoms with Crippen LogP contribution in [0.4, 0.5) is 0 Å². The van der Waals surface area contributed by atoms with Crippen molar-refractivity contribution in [1.29, 1.82) is 0 Å². The third-order valence-electron chi connectivity index (χ3n) is 25.5. The van der Waals surface area contributed by atoms with Gasteiger partial charge in [-0.1, -0.05) is 322 Å². The van der Waals surface area contributed by atoms with E-state index in [0.29, 0.717) is 34.9 Å². The monoisotopic (exact) mass is 1610 g/mol. The van der Waals surface area contributed by atoms with Crippen molar-refractivity contribution in [3.05, 3.63) is 425 Å². The van der Waals surface area contributed by atoms with E-state index in [9.17, 15) is 0 Å². The molecule has 0 aliphatic rings. The third kappa shape index (κ3) is 10.9. The normalized spacial score (nSPS) is 12.0. The lowest BCUT2D eigenvalue weighted by molar-refractivity contribution is 1.04. The predicted molar refractivity (Wildman–Crippen MR) is 517 cm³/mol. The molecule has 0 atom stereocenters. The van der Waals surface area contributed by atoms with Crippen molar-refractivity contribution in [2.45, 2.75) is 0 Å². The fourth-order valence-electron chi connectivity index (χ4n) is 20.2. The number of fused-ring (bicyclic) bond motifs is 18. The van der Waals surface area contributed by atoms with Gasteiger partial charge in [-0.3, -0.25) is 0 Å². The highest BCUT2D eigenvalue weighted by Gasteiger charge is 2.32. The molecule has 126 heavy (non-hydrogen) atoms. The molecule has 0 radical (unpaired) electrons. The van der Waals surface area contributed by atoms with E-state index < -0.39 is 0 Å². The van der Waals surface area contributed by atoms with Crippen molar-refractivity contribution >= 4 is 131 Å². The molecule has 0 saturated carbocycles. The van der Waals surface area contributed by atoms with Crippen molar-refractivity contribution < 1.29 is 0 Å². The van der Waals surface area contributed by atoms with E-state index in [1.165, 1.54) is 0 Å². The maximum Gasteiger partial charge on any atom is 0.168 e. The van der Waals surface area contributed by atoms with Gasteiger partial charge in [-0.2, -0.15) is 0 Å². The topological polar surface area (TPSA) is 107 Å². The summed E-state index contributed by atoms with van der Waals surface area (Å²) >= 11 is 0. The molecule has 0 unspecified atom stereocenters. The Bertz CT molecular complexity index is 8530. The SMILES string of the molecule is c1ccc(-c2nc(-c3cccc(-c4cccc5c4c4ccccc4n5-c4cc(-n5c6ccccc6c6ccccc65)c(-c5nc(-c6ccccc6)nc(-c6ccccc6)n5)c(-n5c6ccccc6c6ccccc65)c4)c3)nc(-c3cc(-n4c5ccccc5c5ccccc54)cc(-n4c5ccccc5c5ccccc54)c3-n3c4ccccc4c4ccccc43)n2)cc1. The second-order valence-corrected chi connectivity index (χ2v) is 32.4. The molecule has 26 aromatic rings. The smallest absolute Gasteiger partial charge is 0.168 e. The summed E-state index contributed by atoms with van der Waals surface area (Å²) in [4.78, 5) is 34.1. The highest BCUT2D eigenvalue weighted by molar-refractivity contribution is 6.19. The van der Waals surface area contributed by atoms with Crippen molar-refractivity contribution in [3.8, 4) is 114 Å². The molecule has 8 aromatic heterocycles. The second kappa shape index (κ2) is 28.2. The van der Waals surface area contributed by atoms with Crippen LogP contribution in [0.5, 0.6) is 0 Å². The van der Waals surface area contributed by atoms with Gasteiger partial charge in [-0.25, -0.2) is 29.9 Å². The lowest BCUT2D eigenvalue weighted by Crippen LogP contribution is -2.10. The summed E-state index contributed by atoms with van der Waals surface area (Å²) in [5, 5.41) is 13.5. The van der Waals surface area contributed by atoms with E-state index in [2.05, 4.69) is 410 Å². The van der Waals surface area contributed by atoms with E-state index in [4.69, 9.17) is 29.9 Å². The molecule has 12 nitrogen and oxygen atoms in total. The molecule has 586 valence electrons. The van der Waals surface area contributed by atoms with Crippen LogP contribution in [0, 0.1) is 0 Å². The van der Waals surface area contributed by atoms with Gasteiger partial charge in [0.1, 0.15) is 0 Å². The van der Waals surface area contributed by atoms with Crippen LogP contribution < -0.4 is 0 Å². The Morgan fingerprint density at radius 1 is 0.151 bits per heavy atom. The van der Waals surface area contributed by atoms with Gasteiger partial charge in [0.15, 0.2) is 34.9 Å². The first kappa shape index (κ1) is 70.6. The largest absolute Gasteiger partial charge is 0.309 e. The summed E-state index contributed by atoms with van der Waals surface area (Å²) in [5.74, 6) is 3.21. The number of benzene rings is 18. The zero-order valence-electron chi connectivity index (χ0n) is 67.8. The van der Waals surface area contributed by atoms with Crippen molar-refractivity contribution in [3.63, 3.8) is 0 Å². The van der Waals surface area contributed by atoms with Crippen LogP contribution >= 0.6 is 0 Å². The summed E-state index contributed by atoms with van der Waals surface area (Å²) in [7, 11) is 0. The maximum absolute atomic E-state index is 5.94. The molecular weight excluding hydrogens is 1540 g/mol. The minimum atomic E-state index is 0.506. The van der Waals surface area contributed by atoms with Crippen LogP contribution in [0.1, 0.15) is 0 Å². The molecule has 0 aliphatic heterocycles. The van der Waals surface area contributed by atoms with Crippen LogP contribution in [0.3, 0.4) is 0 Å². The summed E-state index contributed by atoms with van der Waals surface area (Å²) in [5.41, 5.74) is 25.2. The van der Waals surface area contributed by atoms with Gasteiger partial charge in [-0.05, 0) is 114 Å². The minimum absolute atomic E-state index is 0.506. The first-order chi connectivity index (χ1) is 62.5. The average molecular weight is 1610 g/mol. The molecule has 0 bridgehead atoms. The van der Waals surface area contributed by atoms with Crippen LogP contribution in [-0.4, -0.2) is 57.3 Å². The predicted octanol–water partition coefficient (Wildman–Crippen LogP) is 28.3. The highest BCUT2D eigenvalue weighted by atomic mass is 15.1. The molecule has 0 N–H and O–H groups in total. The molecule has 0 amide bonds. The summed E-state index contributed by atoms with van der Waals surface area (Å²) in [6, 6.07) is 153. The Morgan fingerprint density at radius 2 is 0.405 bits per heavy atom. The van der Waals surface area contributed by atoms with E-state index in [-0.39, 0.29) is 0 Å². The first-order valence-corrected chi connectivity index (χ1v) is 42.7. The van der Waals surface area contributed by atoms with Gasteiger partial charge >= 0.3 is 0 Å². The molecule has 0 spiro atoms. The number of para-hydroxylation sites is 11. The number of nitrogens with zero attached hydrogens (tertiary/aromatic N) is 12. The molecule has 18 aromatic carbocycles. The van der Waals surface area contributed by atoms with Gasteiger partial charge in [-0.15, -0.1) is 0 Å². The zero-order valence-corrected chi connectivity index (χ0v) is 67.8. The van der Waals surface area contributed by atoms with E-state index in [1.54, 1.807) is 0 Å². The number of rotatable bonds is 13. The average Bonchev–Trinajstić information content (AvgIpc) is 1.54. The van der Waals surface area contributed by atoms with Crippen molar-refractivity contribution in [2.75, 3.05) is 0 Å². The van der Waals surface area contributed by atoms with Gasteiger partial charge in [0.25, 0.3) is 0 Å². The van der Waals surface area contributed by atoms with Gasteiger partial charge in [0, 0.05) is 98.1 Å². The Labute approximate surface area is 721 Å². The van der Waals surface area contributed by atoms with Crippen molar-refractivity contribution in [1.82, 2.24) is 57.3 Å². The molecular formula is C114H70N12. The lowest BCUT2D eigenvalue weighted by Gasteiger charge is -2.23. The summed E-state index contributed by atoms with van der Waals surface area (Å²) in [6.07, 6.45) is 0. The fraction of sp³-hybridized carbons (Fsp3) is 0. The number of hydrogen-bond donors (Lipinski definition) is 0. The Hall–Kier alpha value is -17.2. The summed E-state index contributed by atoms with van der Waals surface area (Å²) < 4.78 is 14.7. The first-order valence-electron chi connectivity index (χ1n) is 42.7. The molecule has 26 rings (SSSR count). The number of aromatic nitrogens is 12. The number of hydrogen-bond acceptors (Lipinski definition) is 6. The molecule has 8 heterocycles. The molecule has 0 fully saturated rings. The Kier molecular flexibility index (Phi) is 15.8. The van der Waals surface area contributed by atoms with Crippen LogP contribution in [0.2, 0.25) is 0 Å². The maximum atomic E-state index is 5.94. The van der Waals surface area contributed by atoms with E-state index >= 15 is 0 Å². The third-order valence-corrected chi connectivity index (χ3v) is 25.5. The quantitative estimate of drug-likeness (QED) is 0.114. The van der Waals surface area contributed by atoms with E-state index in [1.807, 2.05) is 42.5 Å². The zero-order chi connectivity index (χ0) is 82.6. The summed E-state index contributed by atoms with van der Waals surface area (Å²) in [6.45, 7) is 0. The lowest BCUT2D eigenvalue weighted by atomic mass is 9.97. The standard InChI is InChI=1S/C114H70N12/c1-4-34-71(35-5-1)109-116-112(118-113(117-109)90-67-76(121-91-54-21-10-42-79(91)80-43-11-22-55-92(80)121)70-105(125-97-60-27-16-48-85(97)86-49-17-28-61-98(86)125)108(90)126-99-62-29-18-50-87(99)88-51-19-30-63-100(88)126)75-41-32-40-74(66-75)78-53-33-65-102-106(78)89-52-20-31-64-101(89)122(102)77-68-103(123-93-56-23-12-44-81(93)82-45-13-24-57-94(82)123)107(104(69-77)124-95-58-25-14-46-83(95)84-47-15-26-59-96(84)124)114-119-110(72-36-6-2-7-37-72)115-111(120-114)73-38-8-3-9-39-73/h1-70H. The van der Waals surface area contributed by atoms with Crippen LogP contribution in [0.15, 0.2) is 425 Å². The molecule has 0 saturated heterocycles. The minimum Gasteiger partial charge on any atom is -0.309 e. The fourth-order valence-corrected chi connectivity index (χ4v) is 20.2. The van der Waals surface area contributed by atoms with Gasteiger partial charge in [0.05, 0.1) is 100 Å². The van der Waals surface area contributed by atoms with Crippen LogP contribution in [0.25, 0.3) is 244 Å². The molecule has 12 heteroatoms.